The lowest BCUT2D eigenvalue weighted by Crippen LogP contribution is -2.33. The third-order valence-electron chi connectivity index (χ3n) is 5.36. The van der Waals surface area contributed by atoms with E-state index in [9.17, 15) is 14.9 Å². The van der Waals surface area contributed by atoms with Gasteiger partial charge in [0.15, 0.2) is 0 Å². The second-order valence-electron chi connectivity index (χ2n) is 7.14. The number of pyridine rings is 1. The van der Waals surface area contributed by atoms with Gasteiger partial charge < -0.3 is 4.90 Å². The first-order valence-electron chi connectivity index (χ1n) is 10.0. The van der Waals surface area contributed by atoms with Gasteiger partial charge in [-0.2, -0.15) is 5.26 Å². The Bertz CT molecular complexity index is 1160. The van der Waals surface area contributed by atoms with Crippen LogP contribution in [-0.2, 0) is 18.4 Å². The Balaban J connectivity index is 2.11. The van der Waals surface area contributed by atoms with Crippen LogP contribution in [-0.4, -0.2) is 32.8 Å². The van der Waals surface area contributed by atoms with Crippen molar-refractivity contribution in [3.8, 4) is 6.07 Å². The lowest BCUT2D eigenvalue weighted by atomic mass is 10.0. The van der Waals surface area contributed by atoms with Gasteiger partial charge in [0, 0.05) is 25.7 Å². The number of rotatable bonds is 6. The molecule has 31 heavy (non-hydrogen) atoms. The Labute approximate surface area is 191 Å². The Morgan fingerprint density at radius 1 is 1.19 bits per heavy atom. The maximum Gasteiger partial charge on any atom is 0.270 e. The van der Waals surface area contributed by atoms with E-state index < -0.39 is 0 Å². The number of nitrogens with zero attached hydrogens (tertiary/aromatic N) is 4. The van der Waals surface area contributed by atoms with E-state index >= 15 is 0 Å². The monoisotopic (exact) mass is 452 g/mol. The summed E-state index contributed by atoms with van der Waals surface area (Å²) in [5.74, 6) is 0.524. The molecule has 160 valence electrons. The summed E-state index contributed by atoms with van der Waals surface area (Å²) in [7, 11) is 1.66. The van der Waals surface area contributed by atoms with E-state index in [2.05, 4.69) is 0 Å². The predicted octanol–water partition coefficient (Wildman–Crippen LogP) is 3.81. The zero-order valence-corrected chi connectivity index (χ0v) is 19.6. The van der Waals surface area contributed by atoms with Gasteiger partial charge in [0.2, 0.25) is 0 Å². The summed E-state index contributed by atoms with van der Waals surface area (Å²) in [6.07, 6.45) is 1.77. The van der Waals surface area contributed by atoms with Crippen LogP contribution in [0, 0.1) is 18.3 Å². The first-order valence-corrected chi connectivity index (χ1v) is 11.2. The molecule has 0 unspecified atom stereocenters. The van der Waals surface area contributed by atoms with Gasteiger partial charge in [0.25, 0.3) is 11.5 Å². The van der Waals surface area contributed by atoms with Crippen molar-refractivity contribution in [2.75, 3.05) is 18.0 Å². The highest BCUT2D eigenvalue weighted by atomic mass is 32.2. The summed E-state index contributed by atoms with van der Waals surface area (Å²) >= 11 is 6.72. The number of carbonyl (C=O) groups is 1. The van der Waals surface area contributed by atoms with E-state index in [1.807, 2.05) is 55.1 Å². The molecule has 1 saturated heterocycles. The fourth-order valence-electron chi connectivity index (χ4n) is 3.65. The van der Waals surface area contributed by atoms with Crippen LogP contribution >= 0.6 is 24.0 Å². The van der Waals surface area contributed by atoms with Crippen molar-refractivity contribution in [3.63, 3.8) is 0 Å². The molecule has 2 aromatic rings. The largest absolute Gasteiger partial charge is 0.358 e. The SMILES string of the molecule is CCN(CC)c1c(C=C2SC(=S)N(Cc3ccccc3)C2=O)c(C)c(C#N)c(=O)n1C. The molecule has 1 fully saturated rings. The minimum atomic E-state index is -0.337. The molecule has 0 saturated carbocycles. The molecular formula is C23H24N4O2S2. The topological polar surface area (TPSA) is 69.3 Å². The molecule has 0 bridgehead atoms. The second-order valence-corrected chi connectivity index (χ2v) is 8.81. The summed E-state index contributed by atoms with van der Waals surface area (Å²) in [6, 6.07) is 11.7. The lowest BCUT2D eigenvalue weighted by molar-refractivity contribution is -0.122. The minimum Gasteiger partial charge on any atom is -0.358 e. The van der Waals surface area contributed by atoms with Gasteiger partial charge in [-0.25, -0.2) is 0 Å². The molecular weight excluding hydrogens is 428 g/mol. The number of nitriles is 1. The third kappa shape index (κ3) is 4.29. The quantitative estimate of drug-likeness (QED) is 0.490. The van der Waals surface area contributed by atoms with Crippen LogP contribution < -0.4 is 10.5 Å². The Morgan fingerprint density at radius 2 is 1.84 bits per heavy atom. The molecule has 6 nitrogen and oxygen atoms in total. The van der Waals surface area contributed by atoms with Gasteiger partial charge in [0.05, 0.1) is 11.4 Å². The number of amides is 1. The molecule has 1 aliphatic rings. The van der Waals surface area contributed by atoms with Gasteiger partial charge in [-0.15, -0.1) is 0 Å². The first-order chi connectivity index (χ1) is 14.8. The van der Waals surface area contributed by atoms with Gasteiger partial charge >= 0.3 is 0 Å². The number of carbonyl (C=O) groups excluding carboxylic acids is 1. The normalized spacial score (nSPS) is 14.9. The van der Waals surface area contributed by atoms with Crippen LogP contribution in [0.1, 0.15) is 36.1 Å². The minimum absolute atomic E-state index is 0.0874. The van der Waals surface area contributed by atoms with Crippen LogP contribution in [0.4, 0.5) is 5.82 Å². The van der Waals surface area contributed by atoms with E-state index in [4.69, 9.17) is 12.2 Å². The highest BCUT2D eigenvalue weighted by molar-refractivity contribution is 8.26. The Kier molecular flexibility index (Phi) is 6.98. The van der Waals surface area contributed by atoms with Crippen molar-refractivity contribution < 1.29 is 4.79 Å². The Hall–Kier alpha value is -2.89. The number of anilines is 1. The van der Waals surface area contributed by atoms with E-state index in [-0.39, 0.29) is 17.0 Å². The number of hydrogen-bond acceptors (Lipinski definition) is 6. The molecule has 3 rings (SSSR count). The standard InChI is InChI=1S/C23H24N4O2S2/c1-5-26(6-2)20-17(15(3)18(13-24)21(28)25(20)4)12-19-22(29)27(23(30)31-19)14-16-10-8-7-9-11-16/h7-12H,5-6,14H2,1-4H3. The molecule has 0 N–H and O–H groups in total. The zero-order valence-electron chi connectivity index (χ0n) is 18.0. The maximum absolute atomic E-state index is 13.2. The van der Waals surface area contributed by atoms with E-state index in [1.165, 1.54) is 16.3 Å². The zero-order chi connectivity index (χ0) is 22.7. The Morgan fingerprint density at radius 3 is 2.42 bits per heavy atom. The van der Waals surface area contributed by atoms with Gasteiger partial charge in [-0.3, -0.25) is 19.1 Å². The van der Waals surface area contributed by atoms with E-state index in [0.717, 1.165) is 5.56 Å². The first kappa shape index (κ1) is 22.8. The smallest absolute Gasteiger partial charge is 0.270 e. The molecule has 0 atom stereocenters. The molecule has 1 aliphatic heterocycles. The number of thioether (sulfide) groups is 1. The lowest BCUT2D eigenvalue weighted by Gasteiger charge is -2.27. The molecule has 0 aliphatic carbocycles. The van der Waals surface area contributed by atoms with Gasteiger partial charge in [-0.1, -0.05) is 54.3 Å². The number of thiocarbonyl (C=S) groups is 1. The van der Waals surface area contributed by atoms with Crippen LogP contribution in [0.25, 0.3) is 6.08 Å². The molecule has 0 radical (unpaired) electrons. The van der Waals surface area contributed by atoms with E-state index in [1.54, 1.807) is 24.9 Å². The predicted molar refractivity (Wildman–Crippen MR) is 130 cm³/mol. The van der Waals surface area contributed by atoms with Gasteiger partial charge in [-0.05, 0) is 38.0 Å². The summed E-state index contributed by atoms with van der Waals surface area (Å²) in [5.41, 5.74) is 2.01. The van der Waals surface area contributed by atoms with E-state index in [0.29, 0.717) is 45.8 Å². The van der Waals surface area contributed by atoms with Crippen molar-refractivity contribution >= 4 is 46.1 Å². The van der Waals surface area contributed by atoms with Crippen molar-refractivity contribution in [2.24, 2.45) is 7.05 Å². The van der Waals surface area contributed by atoms with Crippen molar-refractivity contribution in [3.05, 3.63) is 67.8 Å². The molecule has 0 spiro atoms. The van der Waals surface area contributed by atoms with Crippen LogP contribution in [0.3, 0.4) is 0 Å². The summed E-state index contributed by atoms with van der Waals surface area (Å²) in [6.45, 7) is 7.54. The summed E-state index contributed by atoms with van der Waals surface area (Å²) in [5, 5.41) is 9.55. The average molecular weight is 453 g/mol. The molecule has 1 aromatic heterocycles. The maximum atomic E-state index is 13.2. The third-order valence-corrected chi connectivity index (χ3v) is 6.74. The summed E-state index contributed by atoms with van der Waals surface area (Å²) in [4.78, 5) is 30.0. The second kappa shape index (κ2) is 9.50. The molecule has 8 heteroatoms. The number of benzene rings is 1. The molecule has 2 heterocycles. The highest BCUT2D eigenvalue weighted by Crippen LogP contribution is 2.36. The fraction of sp³-hybridized carbons (Fsp3) is 0.304. The molecule has 1 aromatic carbocycles. The number of hydrogen-bond donors (Lipinski definition) is 0. The van der Waals surface area contributed by atoms with Crippen molar-refractivity contribution in [2.45, 2.75) is 27.3 Å². The van der Waals surface area contributed by atoms with Crippen molar-refractivity contribution in [1.29, 1.82) is 5.26 Å². The average Bonchev–Trinajstić information content (AvgIpc) is 3.03. The molecule has 1 amide bonds. The number of aromatic nitrogens is 1. The summed E-state index contributed by atoms with van der Waals surface area (Å²) < 4.78 is 1.99. The van der Waals surface area contributed by atoms with Crippen molar-refractivity contribution in [1.82, 2.24) is 9.47 Å². The van der Waals surface area contributed by atoms with Crippen LogP contribution in [0.5, 0.6) is 0 Å². The highest BCUT2D eigenvalue weighted by Gasteiger charge is 2.33. The fourth-order valence-corrected chi connectivity index (χ4v) is 4.89. The van der Waals surface area contributed by atoms with Crippen LogP contribution in [0.15, 0.2) is 40.0 Å². The van der Waals surface area contributed by atoms with Gasteiger partial charge in [0.1, 0.15) is 21.8 Å². The van der Waals surface area contributed by atoms with Crippen LogP contribution in [0.2, 0.25) is 0 Å².